The second kappa shape index (κ2) is 3.66. The Bertz CT molecular complexity index is 746. The van der Waals surface area contributed by atoms with Crippen LogP contribution < -0.4 is 0 Å². The Hall–Kier alpha value is -2.70. The van der Waals surface area contributed by atoms with Crippen LogP contribution in [0.4, 0.5) is 4.39 Å². The Morgan fingerprint density at radius 3 is 2.89 bits per heavy atom. The lowest BCUT2D eigenvalue weighted by atomic mass is 10.1. The molecule has 90 valence electrons. The minimum Gasteiger partial charge on any atom is -0.476 e. The van der Waals surface area contributed by atoms with Gasteiger partial charge in [0.1, 0.15) is 11.5 Å². The van der Waals surface area contributed by atoms with Gasteiger partial charge in [0.05, 0.1) is 0 Å². The van der Waals surface area contributed by atoms with E-state index in [0.29, 0.717) is 10.9 Å². The largest absolute Gasteiger partial charge is 0.476 e. The van der Waals surface area contributed by atoms with E-state index in [0.717, 1.165) is 0 Å². The smallest absolute Gasteiger partial charge is 0.358 e. The number of carbonyl (C=O) groups is 1. The van der Waals surface area contributed by atoms with E-state index in [9.17, 15) is 9.18 Å². The molecule has 2 heterocycles. The van der Waals surface area contributed by atoms with Crippen molar-refractivity contribution in [3.8, 4) is 11.3 Å². The number of fused-ring (bicyclic) bond motifs is 1. The Morgan fingerprint density at radius 2 is 2.11 bits per heavy atom. The van der Waals surface area contributed by atoms with Crippen molar-refractivity contribution in [2.24, 2.45) is 0 Å². The van der Waals surface area contributed by atoms with Crippen molar-refractivity contribution in [2.75, 3.05) is 0 Å². The average Bonchev–Trinajstić information content (AvgIpc) is 2.97. The van der Waals surface area contributed by atoms with Crippen LogP contribution in [0.3, 0.4) is 0 Å². The summed E-state index contributed by atoms with van der Waals surface area (Å²) in [6.45, 7) is 0. The van der Waals surface area contributed by atoms with Crippen LogP contribution in [0.25, 0.3) is 22.2 Å². The second-order valence-corrected chi connectivity index (χ2v) is 3.69. The third kappa shape index (κ3) is 1.37. The van der Waals surface area contributed by atoms with E-state index in [2.05, 4.69) is 20.4 Å². The maximum absolute atomic E-state index is 14.2. The standard InChI is InChI=1S/C11H7FN4O2/c12-8-5-3-4-13-7(5)2-1-6(8)9-10(11(17)18)15-16-14-9/h1-4,13H,(H,17,18)(H,14,15,16). The molecule has 3 rings (SSSR count). The number of halogens is 1. The van der Waals surface area contributed by atoms with Crippen LogP contribution >= 0.6 is 0 Å². The molecule has 3 N–H and O–H groups in total. The van der Waals surface area contributed by atoms with Gasteiger partial charge < -0.3 is 10.1 Å². The summed E-state index contributed by atoms with van der Waals surface area (Å²) in [6.07, 6.45) is 1.61. The molecule has 0 fully saturated rings. The molecule has 0 aliphatic carbocycles. The molecule has 7 heteroatoms. The molecule has 0 bridgehead atoms. The number of aromatic amines is 2. The van der Waals surface area contributed by atoms with E-state index in [-0.39, 0.29) is 17.0 Å². The Labute approximate surface area is 99.5 Å². The van der Waals surface area contributed by atoms with Crippen LogP contribution in [0.5, 0.6) is 0 Å². The topological polar surface area (TPSA) is 94.7 Å². The molecule has 0 radical (unpaired) electrons. The molecule has 6 nitrogen and oxygen atoms in total. The van der Waals surface area contributed by atoms with Crippen molar-refractivity contribution in [3.05, 3.63) is 35.9 Å². The van der Waals surface area contributed by atoms with Crippen LogP contribution in [0.2, 0.25) is 0 Å². The number of aromatic carboxylic acids is 1. The first kappa shape index (κ1) is 10.5. The third-order valence-corrected chi connectivity index (χ3v) is 2.67. The molecule has 0 unspecified atom stereocenters. The number of carboxylic acids is 1. The summed E-state index contributed by atoms with van der Waals surface area (Å²) < 4.78 is 14.2. The predicted octanol–water partition coefficient (Wildman–Crippen LogP) is 1.79. The molecule has 0 amide bonds. The molecule has 0 saturated heterocycles. The zero-order valence-electron chi connectivity index (χ0n) is 8.94. The lowest BCUT2D eigenvalue weighted by Crippen LogP contribution is -2.00. The number of nitrogens with one attached hydrogen (secondary N) is 2. The van der Waals surface area contributed by atoms with E-state index in [1.165, 1.54) is 6.07 Å². The number of rotatable bonds is 2. The Balaban J connectivity index is 2.28. The monoisotopic (exact) mass is 246 g/mol. The van der Waals surface area contributed by atoms with Crippen LogP contribution in [0, 0.1) is 5.82 Å². The highest BCUT2D eigenvalue weighted by atomic mass is 19.1. The van der Waals surface area contributed by atoms with Crippen molar-refractivity contribution in [1.82, 2.24) is 20.4 Å². The molecule has 1 aromatic carbocycles. The molecule has 2 aromatic heterocycles. The normalized spacial score (nSPS) is 10.9. The number of benzene rings is 1. The van der Waals surface area contributed by atoms with Gasteiger partial charge in [-0.25, -0.2) is 9.18 Å². The lowest BCUT2D eigenvalue weighted by molar-refractivity contribution is 0.0691. The summed E-state index contributed by atoms with van der Waals surface area (Å²) in [6, 6.07) is 4.71. The summed E-state index contributed by atoms with van der Waals surface area (Å²) in [7, 11) is 0. The molecule has 3 aromatic rings. The highest BCUT2D eigenvalue weighted by molar-refractivity contribution is 5.94. The molecular weight excluding hydrogens is 239 g/mol. The summed E-state index contributed by atoms with van der Waals surface area (Å²) >= 11 is 0. The first-order valence-electron chi connectivity index (χ1n) is 5.08. The van der Waals surface area contributed by atoms with E-state index in [1.54, 1.807) is 18.3 Å². The van der Waals surface area contributed by atoms with E-state index in [4.69, 9.17) is 5.11 Å². The summed E-state index contributed by atoms with van der Waals surface area (Å²) in [5.41, 5.74) is 0.428. The fraction of sp³-hybridized carbons (Fsp3) is 0. The van der Waals surface area contributed by atoms with Gasteiger partial charge in [-0.1, -0.05) is 0 Å². The Morgan fingerprint density at radius 1 is 1.28 bits per heavy atom. The molecular formula is C11H7FN4O2. The van der Waals surface area contributed by atoms with Gasteiger partial charge in [0, 0.05) is 22.7 Å². The van der Waals surface area contributed by atoms with Crippen LogP contribution in [-0.4, -0.2) is 31.5 Å². The minimum absolute atomic E-state index is 0.0110. The highest BCUT2D eigenvalue weighted by Gasteiger charge is 2.20. The van der Waals surface area contributed by atoms with Gasteiger partial charge in [0.25, 0.3) is 0 Å². The van der Waals surface area contributed by atoms with Gasteiger partial charge in [-0.15, -0.1) is 5.10 Å². The fourth-order valence-corrected chi connectivity index (χ4v) is 1.85. The molecule has 0 saturated carbocycles. The van der Waals surface area contributed by atoms with Crippen LogP contribution in [0.1, 0.15) is 10.5 Å². The van der Waals surface area contributed by atoms with E-state index in [1.807, 2.05) is 0 Å². The number of hydrogen-bond donors (Lipinski definition) is 3. The van der Waals surface area contributed by atoms with E-state index >= 15 is 0 Å². The lowest BCUT2D eigenvalue weighted by Gasteiger charge is -2.01. The maximum atomic E-state index is 14.2. The number of nitrogens with zero attached hydrogens (tertiary/aromatic N) is 2. The summed E-state index contributed by atoms with van der Waals surface area (Å²) in [5, 5.41) is 18.7. The van der Waals surface area contributed by atoms with Crippen molar-refractivity contribution >= 4 is 16.9 Å². The first-order chi connectivity index (χ1) is 8.68. The van der Waals surface area contributed by atoms with Crippen molar-refractivity contribution in [2.45, 2.75) is 0 Å². The van der Waals surface area contributed by atoms with Crippen molar-refractivity contribution < 1.29 is 14.3 Å². The minimum atomic E-state index is -1.26. The SMILES string of the molecule is O=C(O)c1n[nH]nc1-c1ccc2[nH]ccc2c1F. The molecule has 18 heavy (non-hydrogen) atoms. The highest BCUT2D eigenvalue weighted by Crippen LogP contribution is 2.28. The van der Waals surface area contributed by atoms with Crippen molar-refractivity contribution in [3.63, 3.8) is 0 Å². The van der Waals surface area contributed by atoms with Crippen LogP contribution in [0.15, 0.2) is 24.4 Å². The quantitative estimate of drug-likeness (QED) is 0.642. The van der Waals surface area contributed by atoms with Gasteiger partial charge in [-0.2, -0.15) is 10.3 Å². The molecule has 0 atom stereocenters. The molecule has 0 aliphatic heterocycles. The van der Waals surface area contributed by atoms with Gasteiger partial charge in [0.2, 0.25) is 0 Å². The Kier molecular flexibility index (Phi) is 2.12. The first-order valence-corrected chi connectivity index (χ1v) is 5.08. The van der Waals surface area contributed by atoms with Gasteiger partial charge in [-0.05, 0) is 18.2 Å². The molecule has 0 spiro atoms. The zero-order valence-corrected chi connectivity index (χ0v) is 8.94. The number of hydrogen-bond acceptors (Lipinski definition) is 3. The zero-order chi connectivity index (χ0) is 12.7. The van der Waals surface area contributed by atoms with E-state index < -0.39 is 11.8 Å². The number of H-pyrrole nitrogens is 2. The van der Waals surface area contributed by atoms with Crippen LogP contribution in [-0.2, 0) is 0 Å². The summed E-state index contributed by atoms with van der Waals surface area (Å²) in [4.78, 5) is 13.8. The maximum Gasteiger partial charge on any atom is 0.358 e. The fourth-order valence-electron chi connectivity index (χ4n) is 1.85. The molecule has 0 aliphatic rings. The summed E-state index contributed by atoms with van der Waals surface area (Å²) in [5.74, 6) is -1.78. The van der Waals surface area contributed by atoms with Crippen molar-refractivity contribution in [1.29, 1.82) is 0 Å². The van der Waals surface area contributed by atoms with Gasteiger partial charge in [0.15, 0.2) is 5.69 Å². The van der Waals surface area contributed by atoms with Gasteiger partial charge in [-0.3, -0.25) is 0 Å². The van der Waals surface area contributed by atoms with Gasteiger partial charge >= 0.3 is 5.97 Å². The average molecular weight is 246 g/mol. The number of carboxylic acid groups (broad SMARTS) is 1. The number of aromatic nitrogens is 4. The second-order valence-electron chi connectivity index (χ2n) is 3.69. The predicted molar refractivity (Wildman–Crippen MR) is 60.6 cm³/mol. The third-order valence-electron chi connectivity index (χ3n) is 2.67.